The molecule has 0 saturated carbocycles. The lowest BCUT2D eigenvalue weighted by Crippen LogP contribution is -2.17. The molecule has 0 radical (unpaired) electrons. The van der Waals surface area contributed by atoms with E-state index in [9.17, 15) is 10.1 Å². The number of nitrogens with zero attached hydrogens (tertiary/aromatic N) is 2. The number of rotatable bonds is 6. The summed E-state index contributed by atoms with van der Waals surface area (Å²) < 4.78 is 0. The summed E-state index contributed by atoms with van der Waals surface area (Å²) in [5.41, 5.74) is 1.98. The zero-order chi connectivity index (χ0) is 14.5. The fourth-order valence-electron chi connectivity index (χ4n) is 2.08. The molecule has 1 aromatic carbocycles. The van der Waals surface area contributed by atoms with E-state index in [1.54, 1.807) is 23.5 Å². The van der Waals surface area contributed by atoms with Gasteiger partial charge in [-0.25, -0.2) is 0 Å². The normalized spacial score (nSPS) is 10.8. The topological polar surface area (TPSA) is 58.4 Å². The highest BCUT2D eigenvalue weighted by Gasteiger charge is 2.12. The average Bonchev–Trinajstić information content (AvgIpc) is 2.91. The maximum Gasteiger partial charge on any atom is 0.269 e. The molecule has 6 heteroatoms. The molecule has 0 atom stereocenters. The van der Waals surface area contributed by atoms with Gasteiger partial charge in [-0.15, -0.1) is 11.3 Å². The molecule has 0 unspecified atom stereocenters. The largest absolute Gasteiger partial charge is 0.388 e. The number of benzene rings is 1. The maximum atomic E-state index is 10.9. The number of nitro benzene ring substituents is 1. The first-order valence-corrected chi connectivity index (χ1v) is 7.14. The zero-order valence-electron chi connectivity index (χ0n) is 11.5. The zero-order valence-corrected chi connectivity index (χ0v) is 12.3. The van der Waals surface area contributed by atoms with Crippen LogP contribution in [0.25, 0.3) is 0 Å². The SMILES string of the molecule is CNc1ccc([N+](=O)[O-])cc1CN(C)Cc1cccs1. The van der Waals surface area contributed by atoms with Crippen molar-refractivity contribution in [2.45, 2.75) is 13.1 Å². The number of hydrogen-bond acceptors (Lipinski definition) is 5. The summed E-state index contributed by atoms with van der Waals surface area (Å²) in [7, 11) is 3.84. The van der Waals surface area contributed by atoms with E-state index >= 15 is 0 Å². The molecule has 1 N–H and O–H groups in total. The van der Waals surface area contributed by atoms with Gasteiger partial charge in [-0.1, -0.05) is 6.07 Å². The first kappa shape index (κ1) is 14.5. The van der Waals surface area contributed by atoms with Crippen molar-refractivity contribution in [3.05, 3.63) is 56.3 Å². The average molecular weight is 291 g/mol. The van der Waals surface area contributed by atoms with Crippen molar-refractivity contribution in [1.82, 2.24) is 4.90 Å². The Labute approximate surface area is 122 Å². The Hall–Kier alpha value is -1.92. The van der Waals surface area contributed by atoms with Crippen molar-refractivity contribution in [1.29, 1.82) is 0 Å². The lowest BCUT2D eigenvalue weighted by Gasteiger charge is -2.18. The molecule has 0 fully saturated rings. The van der Waals surface area contributed by atoms with E-state index in [-0.39, 0.29) is 10.6 Å². The Morgan fingerprint density at radius 1 is 1.35 bits per heavy atom. The molecule has 0 spiro atoms. The quantitative estimate of drug-likeness (QED) is 0.655. The van der Waals surface area contributed by atoms with Crippen LogP contribution in [0.4, 0.5) is 11.4 Å². The van der Waals surface area contributed by atoms with Gasteiger partial charge in [0.25, 0.3) is 5.69 Å². The monoisotopic (exact) mass is 291 g/mol. The lowest BCUT2D eigenvalue weighted by molar-refractivity contribution is -0.384. The van der Waals surface area contributed by atoms with E-state index < -0.39 is 0 Å². The lowest BCUT2D eigenvalue weighted by atomic mass is 10.1. The minimum absolute atomic E-state index is 0.128. The van der Waals surface area contributed by atoms with Gasteiger partial charge in [0.2, 0.25) is 0 Å². The second-order valence-corrected chi connectivity index (χ2v) is 5.63. The predicted octanol–water partition coefficient (Wildman–Crippen LogP) is 3.33. The molecule has 0 aliphatic rings. The predicted molar refractivity (Wildman–Crippen MR) is 82.1 cm³/mol. The highest BCUT2D eigenvalue weighted by Crippen LogP contribution is 2.23. The van der Waals surface area contributed by atoms with E-state index in [0.29, 0.717) is 6.54 Å². The summed E-state index contributed by atoms with van der Waals surface area (Å²) in [5, 5.41) is 16.0. The van der Waals surface area contributed by atoms with Crippen LogP contribution in [-0.2, 0) is 13.1 Å². The van der Waals surface area contributed by atoms with E-state index in [1.165, 1.54) is 10.9 Å². The summed E-state index contributed by atoms with van der Waals surface area (Å²) in [6.07, 6.45) is 0. The molecule has 20 heavy (non-hydrogen) atoms. The molecule has 0 amide bonds. The molecule has 5 nitrogen and oxygen atoms in total. The summed E-state index contributed by atoms with van der Waals surface area (Å²) in [6.45, 7) is 1.50. The van der Waals surface area contributed by atoms with Crippen LogP contribution in [0.1, 0.15) is 10.4 Å². The standard InChI is InChI=1S/C14H17N3O2S/c1-15-14-6-5-12(17(18)19)8-11(14)9-16(2)10-13-4-3-7-20-13/h3-8,15H,9-10H2,1-2H3. The number of thiophene rings is 1. The van der Waals surface area contributed by atoms with Crippen LogP contribution < -0.4 is 5.32 Å². The van der Waals surface area contributed by atoms with Crippen LogP contribution in [0, 0.1) is 10.1 Å². The highest BCUT2D eigenvalue weighted by atomic mass is 32.1. The van der Waals surface area contributed by atoms with Crippen molar-refractivity contribution in [2.75, 3.05) is 19.4 Å². The molecule has 106 valence electrons. The number of nitrogens with one attached hydrogen (secondary N) is 1. The minimum Gasteiger partial charge on any atom is -0.388 e. The smallest absolute Gasteiger partial charge is 0.269 e. The maximum absolute atomic E-state index is 10.9. The second-order valence-electron chi connectivity index (χ2n) is 4.60. The van der Waals surface area contributed by atoms with Crippen molar-refractivity contribution in [3.8, 4) is 0 Å². The second kappa shape index (κ2) is 6.49. The van der Waals surface area contributed by atoms with Crippen LogP contribution in [0.2, 0.25) is 0 Å². The van der Waals surface area contributed by atoms with Gasteiger partial charge in [0.1, 0.15) is 0 Å². The van der Waals surface area contributed by atoms with Gasteiger partial charge in [0.05, 0.1) is 4.92 Å². The first-order chi connectivity index (χ1) is 9.60. The number of nitro groups is 1. The molecule has 0 aliphatic carbocycles. The third kappa shape index (κ3) is 3.55. The van der Waals surface area contributed by atoms with Crippen molar-refractivity contribution in [2.24, 2.45) is 0 Å². The van der Waals surface area contributed by atoms with E-state index in [0.717, 1.165) is 17.8 Å². The third-order valence-corrected chi connectivity index (χ3v) is 3.88. The Bertz CT molecular complexity index is 584. The van der Waals surface area contributed by atoms with Crippen LogP contribution in [0.15, 0.2) is 35.7 Å². The summed E-state index contributed by atoms with van der Waals surface area (Å²) in [4.78, 5) is 13.9. The summed E-state index contributed by atoms with van der Waals surface area (Å²) >= 11 is 1.71. The van der Waals surface area contributed by atoms with E-state index in [1.807, 2.05) is 20.2 Å². The van der Waals surface area contributed by atoms with Crippen molar-refractivity contribution in [3.63, 3.8) is 0 Å². The number of non-ortho nitro benzene ring substituents is 1. The van der Waals surface area contributed by atoms with Gasteiger partial charge in [-0.3, -0.25) is 15.0 Å². The summed E-state index contributed by atoms with van der Waals surface area (Å²) in [6, 6.07) is 9.03. The summed E-state index contributed by atoms with van der Waals surface area (Å²) in [5.74, 6) is 0. The first-order valence-electron chi connectivity index (χ1n) is 6.26. The highest BCUT2D eigenvalue weighted by molar-refractivity contribution is 7.09. The van der Waals surface area contributed by atoms with Crippen molar-refractivity contribution >= 4 is 22.7 Å². The van der Waals surface area contributed by atoms with Crippen LogP contribution in [0.3, 0.4) is 0 Å². The fraction of sp³-hybridized carbons (Fsp3) is 0.286. The Kier molecular flexibility index (Phi) is 4.70. The number of anilines is 1. The van der Waals surface area contributed by atoms with Gasteiger partial charge in [-0.2, -0.15) is 0 Å². The molecule has 2 rings (SSSR count). The molecular weight excluding hydrogens is 274 g/mol. The van der Waals surface area contributed by atoms with Crippen LogP contribution in [0.5, 0.6) is 0 Å². The van der Waals surface area contributed by atoms with Gasteiger partial charge < -0.3 is 5.32 Å². The Morgan fingerprint density at radius 3 is 2.75 bits per heavy atom. The van der Waals surface area contributed by atoms with Crippen LogP contribution in [-0.4, -0.2) is 23.9 Å². The molecule has 0 bridgehead atoms. The Morgan fingerprint density at radius 2 is 2.15 bits per heavy atom. The van der Waals surface area contributed by atoms with E-state index in [2.05, 4.69) is 21.7 Å². The minimum atomic E-state index is -0.359. The molecule has 1 aromatic heterocycles. The number of hydrogen-bond donors (Lipinski definition) is 1. The van der Waals surface area contributed by atoms with Crippen molar-refractivity contribution < 1.29 is 4.92 Å². The van der Waals surface area contributed by atoms with Crippen LogP contribution >= 0.6 is 11.3 Å². The molecule has 0 saturated heterocycles. The van der Waals surface area contributed by atoms with Gasteiger partial charge in [0, 0.05) is 42.8 Å². The molecule has 1 heterocycles. The molecule has 0 aliphatic heterocycles. The van der Waals surface area contributed by atoms with Gasteiger partial charge in [-0.05, 0) is 30.1 Å². The third-order valence-electron chi connectivity index (χ3n) is 3.02. The van der Waals surface area contributed by atoms with E-state index in [4.69, 9.17) is 0 Å². The van der Waals surface area contributed by atoms with Gasteiger partial charge in [0.15, 0.2) is 0 Å². The molecule has 2 aromatic rings. The van der Waals surface area contributed by atoms with Gasteiger partial charge >= 0.3 is 0 Å². The molecular formula is C14H17N3O2S. The fourth-order valence-corrected chi connectivity index (χ4v) is 2.87. The Balaban J connectivity index is 2.14.